The molecule has 1 aromatic carbocycles. The van der Waals surface area contributed by atoms with Gasteiger partial charge in [-0.25, -0.2) is 0 Å². The number of nitrogens with zero attached hydrogens (tertiary/aromatic N) is 1. The summed E-state index contributed by atoms with van der Waals surface area (Å²) in [5.41, 5.74) is 5.12. The average Bonchev–Trinajstić information content (AvgIpc) is 2.82. The Kier molecular flexibility index (Phi) is 2.93. The van der Waals surface area contributed by atoms with Gasteiger partial charge in [-0.05, 0) is 12.5 Å². The fourth-order valence-corrected chi connectivity index (χ4v) is 3.33. The number of nitrogens with one attached hydrogen (secondary N) is 1. The van der Waals surface area contributed by atoms with Crippen LogP contribution in [0.2, 0.25) is 0 Å². The highest BCUT2D eigenvalue weighted by molar-refractivity contribution is 7.98. The summed E-state index contributed by atoms with van der Waals surface area (Å²) in [5, 5.41) is 4.85. The van der Waals surface area contributed by atoms with Gasteiger partial charge in [-0.3, -0.25) is 4.98 Å². The van der Waals surface area contributed by atoms with Crippen molar-refractivity contribution in [1.82, 2.24) is 4.98 Å². The minimum Gasteiger partial charge on any atom is -0.384 e. The van der Waals surface area contributed by atoms with Crippen molar-refractivity contribution in [1.29, 1.82) is 0 Å². The average molecular weight is 244 g/mol. The second kappa shape index (κ2) is 4.57. The molecule has 0 fully saturated rings. The molecule has 2 aromatic rings. The molecule has 0 saturated heterocycles. The van der Waals surface area contributed by atoms with Gasteiger partial charge in [0.25, 0.3) is 0 Å². The Morgan fingerprint density at radius 1 is 1.29 bits per heavy atom. The molecule has 1 aliphatic heterocycles. The van der Waals surface area contributed by atoms with Gasteiger partial charge in [0.15, 0.2) is 0 Å². The van der Waals surface area contributed by atoms with Crippen LogP contribution in [-0.2, 0) is 11.5 Å². The van der Waals surface area contributed by atoms with E-state index >= 15 is 0 Å². The van der Waals surface area contributed by atoms with Crippen molar-refractivity contribution in [3.63, 3.8) is 0 Å². The number of hydrogen-bond acceptors (Lipinski definition) is 3. The Morgan fingerprint density at radius 3 is 3.06 bits per heavy atom. The molecule has 0 aliphatic carbocycles. The topological polar surface area (TPSA) is 24.9 Å². The van der Waals surface area contributed by atoms with E-state index in [0.29, 0.717) is 0 Å². The van der Waals surface area contributed by atoms with Crippen molar-refractivity contribution in [3.8, 4) is 0 Å². The van der Waals surface area contributed by atoms with E-state index in [1.54, 1.807) is 0 Å². The molecule has 17 heavy (non-hydrogen) atoms. The van der Waals surface area contributed by atoms with E-state index in [1.165, 1.54) is 22.3 Å². The van der Waals surface area contributed by atoms with Crippen molar-refractivity contribution in [2.24, 2.45) is 0 Å². The molecule has 2 nitrogen and oxygen atoms in total. The molecular weight excluding hydrogens is 228 g/mol. The van der Waals surface area contributed by atoms with Gasteiger partial charge in [0.05, 0.1) is 11.2 Å². The van der Waals surface area contributed by atoms with Crippen molar-refractivity contribution < 1.29 is 0 Å². The van der Waals surface area contributed by atoms with Crippen LogP contribution in [0.5, 0.6) is 0 Å². The van der Waals surface area contributed by atoms with E-state index in [2.05, 4.69) is 36.5 Å². The van der Waals surface area contributed by atoms with Gasteiger partial charge in [0.2, 0.25) is 0 Å². The Hall–Kier alpha value is -1.22. The molecular formula is C14H16N2S. The van der Waals surface area contributed by atoms with E-state index in [0.717, 1.165) is 30.0 Å². The lowest BCUT2D eigenvalue weighted by molar-refractivity contribution is 0.977. The zero-order valence-electron chi connectivity index (χ0n) is 9.99. The van der Waals surface area contributed by atoms with E-state index in [-0.39, 0.29) is 0 Å². The molecule has 3 heteroatoms. The molecule has 2 heterocycles. The lowest BCUT2D eigenvalue weighted by atomic mass is 10.1. The third-order valence-corrected chi connectivity index (χ3v) is 4.09. The number of rotatable bonds is 3. The minimum atomic E-state index is 1.03. The van der Waals surface area contributed by atoms with Crippen LogP contribution in [0.15, 0.2) is 24.3 Å². The molecule has 1 aromatic heterocycles. The highest BCUT2D eigenvalue weighted by atomic mass is 32.2. The lowest BCUT2D eigenvalue weighted by Crippen LogP contribution is -2.05. The third-order valence-electron chi connectivity index (χ3n) is 3.12. The second-order valence-electron chi connectivity index (χ2n) is 4.35. The van der Waals surface area contributed by atoms with Gasteiger partial charge in [-0.15, -0.1) is 0 Å². The highest BCUT2D eigenvalue weighted by Crippen LogP contribution is 2.37. The standard InChI is InChI=1S/C14H16N2S/c1-2-7-15-14-10-5-3-4-6-12(10)16-13-9-17-8-11(13)14/h3-6H,2,7-9H2,1H3,(H,15,16). The van der Waals surface area contributed by atoms with Gasteiger partial charge in [0.1, 0.15) is 0 Å². The summed E-state index contributed by atoms with van der Waals surface area (Å²) in [6, 6.07) is 8.43. The van der Waals surface area contributed by atoms with Crippen LogP contribution in [0.1, 0.15) is 24.6 Å². The number of benzene rings is 1. The Labute approximate surface area is 106 Å². The maximum absolute atomic E-state index is 4.76. The van der Waals surface area contributed by atoms with Crippen LogP contribution in [0.4, 0.5) is 5.69 Å². The SMILES string of the molecule is CCCNc1c2c(nc3ccccc13)CSC2. The van der Waals surface area contributed by atoms with Gasteiger partial charge < -0.3 is 5.32 Å². The molecule has 0 atom stereocenters. The lowest BCUT2D eigenvalue weighted by Gasteiger charge is -2.13. The molecule has 3 rings (SSSR count). The minimum absolute atomic E-state index is 1.03. The van der Waals surface area contributed by atoms with E-state index < -0.39 is 0 Å². The summed E-state index contributed by atoms with van der Waals surface area (Å²) in [5.74, 6) is 2.15. The largest absolute Gasteiger partial charge is 0.384 e. The molecule has 1 N–H and O–H groups in total. The quantitative estimate of drug-likeness (QED) is 0.889. The molecule has 0 saturated carbocycles. The first kappa shape index (κ1) is 10.9. The normalized spacial score (nSPS) is 13.9. The molecule has 0 spiro atoms. The Morgan fingerprint density at radius 2 is 2.18 bits per heavy atom. The molecule has 0 amide bonds. The van der Waals surface area contributed by atoms with Crippen LogP contribution in [-0.4, -0.2) is 11.5 Å². The van der Waals surface area contributed by atoms with Gasteiger partial charge in [-0.1, -0.05) is 25.1 Å². The zero-order valence-corrected chi connectivity index (χ0v) is 10.8. The smallest absolute Gasteiger partial charge is 0.0726 e. The van der Waals surface area contributed by atoms with E-state index in [9.17, 15) is 0 Å². The summed E-state index contributed by atoms with van der Waals surface area (Å²) < 4.78 is 0. The predicted molar refractivity (Wildman–Crippen MR) is 75.5 cm³/mol. The Balaban J connectivity index is 2.20. The fourth-order valence-electron chi connectivity index (χ4n) is 2.28. The summed E-state index contributed by atoms with van der Waals surface area (Å²) in [4.78, 5) is 4.76. The molecule has 0 unspecified atom stereocenters. The van der Waals surface area contributed by atoms with Crippen molar-refractivity contribution in [2.45, 2.75) is 24.9 Å². The molecule has 0 bridgehead atoms. The second-order valence-corrected chi connectivity index (χ2v) is 5.33. The summed E-state index contributed by atoms with van der Waals surface area (Å²) in [7, 11) is 0. The Bertz CT molecular complexity index is 551. The summed E-state index contributed by atoms with van der Waals surface area (Å²) in [6.07, 6.45) is 1.15. The molecule has 1 aliphatic rings. The first-order valence-corrected chi connectivity index (χ1v) is 7.27. The third kappa shape index (κ3) is 1.89. The van der Waals surface area contributed by atoms with Crippen molar-refractivity contribution in [3.05, 3.63) is 35.5 Å². The van der Waals surface area contributed by atoms with E-state index in [1.807, 2.05) is 11.8 Å². The number of thioether (sulfide) groups is 1. The van der Waals surface area contributed by atoms with E-state index in [4.69, 9.17) is 4.98 Å². The van der Waals surface area contributed by atoms with Crippen molar-refractivity contribution >= 4 is 28.4 Å². The fraction of sp³-hybridized carbons (Fsp3) is 0.357. The maximum Gasteiger partial charge on any atom is 0.0726 e. The first-order chi connectivity index (χ1) is 8.40. The molecule has 88 valence electrons. The monoisotopic (exact) mass is 244 g/mol. The predicted octanol–water partition coefficient (Wildman–Crippen LogP) is 3.80. The van der Waals surface area contributed by atoms with Gasteiger partial charge >= 0.3 is 0 Å². The number of anilines is 1. The number of hydrogen-bond donors (Lipinski definition) is 1. The van der Waals surface area contributed by atoms with Gasteiger partial charge in [0, 0.05) is 34.7 Å². The molecule has 0 radical (unpaired) electrons. The van der Waals surface area contributed by atoms with Crippen LogP contribution in [0, 0.1) is 0 Å². The van der Waals surface area contributed by atoms with Crippen LogP contribution >= 0.6 is 11.8 Å². The maximum atomic E-state index is 4.76. The number of para-hydroxylation sites is 1. The van der Waals surface area contributed by atoms with Gasteiger partial charge in [-0.2, -0.15) is 11.8 Å². The van der Waals surface area contributed by atoms with Crippen LogP contribution in [0.25, 0.3) is 10.9 Å². The van der Waals surface area contributed by atoms with Crippen LogP contribution in [0.3, 0.4) is 0 Å². The number of fused-ring (bicyclic) bond motifs is 2. The first-order valence-electron chi connectivity index (χ1n) is 6.12. The zero-order chi connectivity index (χ0) is 11.7. The number of aromatic nitrogens is 1. The van der Waals surface area contributed by atoms with Crippen LogP contribution < -0.4 is 5.32 Å². The van der Waals surface area contributed by atoms with Crippen molar-refractivity contribution in [2.75, 3.05) is 11.9 Å². The highest BCUT2D eigenvalue weighted by Gasteiger charge is 2.19. The number of pyridine rings is 1. The summed E-state index contributed by atoms with van der Waals surface area (Å²) >= 11 is 1.96. The summed E-state index contributed by atoms with van der Waals surface area (Å²) in [6.45, 7) is 3.23.